The van der Waals surface area contributed by atoms with Crippen molar-refractivity contribution in [3.63, 3.8) is 0 Å². The second kappa shape index (κ2) is 12.7. The van der Waals surface area contributed by atoms with Crippen LogP contribution in [0.15, 0.2) is 48.7 Å². The van der Waals surface area contributed by atoms with Crippen molar-refractivity contribution < 1.29 is 19.4 Å². The number of carbonyl (C=O) groups is 2. The van der Waals surface area contributed by atoms with Crippen molar-refractivity contribution in [2.75, 3.05) is 5.32 Å². The molecule has 2 amide bonds. The molecule has 3 aromatic rings. The Kier molecular flexibility index (Phi) is 9.95. The summed E-state index contributed by atoms with van der Waals surface area (Å²) in [4.78, 5) is 30.6. The minimum atomic E-state index is -1.23. The van der Waals surface area contributed by atoms with Crippen LogP contribution in [-0.4, -0.2) is 34.1 Å². The monoisotopic (exact) mass is 563 g/mol. The maximum atomic E-state index is 13.0. The number of ether oxygens (including phenoxy) is 1. The van der Waals surface area contributed by atoms with Crippen LogP contribution in [0.2, 0.25) is 10.0 Å². The van der Waals surface area contributed by atoms with Gasteiger partial charge >= 0.3 is 0 Å². The second-order valence-corrected chi connectivity index (χ2v) is 11.5. The molecule has 10 heteroatoms. The van der Waals surface area contributed by atoms with Crippen LogP contribution in [-0.2, 0) is 16.2 Å². The van der Waals surface area contributed by atoms with Crippen molar-refractivity contribution in [2.45, 2.75) is 59.3 Å². The van der Waals surface area contributed by atoms with Gasteiger partial charge in [-0.3, -0.25) is 9.59 Å². The summed E-state index contributed by atoms with van der Waals surface area (Å²) >= 11 is 13.6. The summed E-state index contributed by atoms with van der Waals surface area (Å²) in [6.45, 7) is 7.46. The Hall–Kier alpha value is -2.65. The van der Waals surface area contributed by atoms with E-state index in [-0.39, 0.29) is 12.5 Å². The average molecular weight is 565 g/mol. The van der Waals surface area contributed by atoms with E-state index in [9.17, 15) is 14.7 Å². The van der Waals surface area contributed by atoms with Crippen LogP contribution < -0.4 is 15.4 Å². The zero-order valence-corrected chi connectivity index (χ0v) is 23.5. The lowest BCUT2D eigenvalue weighted by atomic mass is 9.88. The first-order chi connectivity index (χ1) is 17.5. The van der Waals surface area contributed by atoms with Crippen molar-refractivity contribution in [1.29, 1.82) is 0 Å². The first kappa shape index (κ1) is 28.9. The highest BCUT2D eigenvalue weighted by molar-refractivity contribution is 7.19. The van der Waals surface area contributed by atoms with Gasteiger partial charge in [-0.15, -0.1) is 0 Å². The molecule has 2 aromatic carbocycles. The van der Waals surface area contributed by atoms with E-state index in [0.29, 0.717) is 33.8 Å². The Morgan fingerprint density at radius 1 is 1.11 bits per heavy atom. The van der Waals surface area contributed by atoms with E-state index >= 15 is 0 Å². The first-order valence-electron chi connectivity index (χ1n) is 11.9. The lowest BCUT2D eigenvalue weighted by Gasteiger charge is -2.26. The maximum absolute atomic E-state index is 13.0. The van der Waals surface area contributed by atoms with Crippen LogP contribution in [0.25, 0.3) is 10.4 Å². The lowest BCUT2D eigenvalue weighted by Crippen LogP contribution is -2.50. The third kappa shape index (κ3) is 7.68. The van der Waals surface area contributed by atoms with Crippen LogP contribution >= 0.6 is 34.5 Å². The number of amides is 2. The predicted molar refractivity (Wildman–Crippen MR) is 149 cm³/mol. The number of hydrogen-bond acceptors (Lipinski definition) is 6. The van der Waals surface area contributed by atoms with Gasteiger partial charge in [0.1, 0.15) is 29.5 Å². The van der Waals surface area contributed by atoms with Crippen molar-refractivity contribution in [3.05, 3.63) is 64.3 Å². The van der Waals surface area contributed by atoms with E-state index in [0.717, 1.165) is 16.0 Å². The molecular formula is C27H31Cl2N3O4S. The molecule has 198 valence electrons. The molecule has 3 rings (SSSR count). The Balaban J connectivity index is 1.71. The summed E-state index contributed by atoms with van der Waals surface area (Å²) in [7, 11) is 0. The van der Waals surface area contributed by atoms with Gasteiger partial charge in [0, 0.05) is 6.20 Å². The van der Waals surface area contributed by atoms with Gasteiger partial charge in [0.15, 0.2) is 5.13 Å². The number of nitrogens with zero attached hydrogens (tertiary/aromatic N) is 1. The Morgan fingerprint density at radius 3 is 2.54 bits per heavy atom. The summed E-state index contributed by atoms with van der Waals surface area (Å²) in [5, 5.41) is 16.9. The fraction of sp³-hybridized carbons (Fsp3) is 0.370. The summed E-state index contributed by atoms with van der Waals surface area (Å²) in [5.74, 6) is -0.471. The van der Waals surface area contributed by atoms with Crippen molar-refractivity contribution in [3.8, 4) is 16.2 Å². The minimum Gasteiger partial charge on any atom is -0.487 e. The zero-order chi connectivity index (χ0) is 27.2. The van der Waals surface area contributed by atoms with E-state index in [4.69, 9.17) is 27.9 Å². The van der Waals surface area contributed by atoms with E-state index in [1.54, 1.807) is 45.2 Å². The summed E-state index contributed by atoms with van der Waals surface area (Å²) in [6.07, 6.45) is 1.56. The molecule has 1 aromatic heterocycles. The third-order valence-electron chi connectivity index (χ3n) is 5.60. The number of thiazole rings is 1. The van der Waals surface area contributed by atoms with E-state index in [2.05, 4.69) is 15.6 Å². The van der Waals surface area contributed by atoms with Gasteiger partial charge in [-0.05, 0) is 35.1 Å². The van der Waals surface area contributed by atoms with Crippen LogP contribution in [0, 0.1) is 5.41 Å². The van der Waals surface area contributed by atoms with Gasteiger partial charge in [0.25, 0.3) is 0 Å². The minimum absolute atomic E-state index is 0.260. The highest BCUT2D eigenvalue weighted by atomic mass is 35.5. The second-order valence-electron chi connectivity index (χ2n) is 9.64. The number of carbonyl (C=O) groups excluding carboxylic acids is 2. The predicted octanol–water partition coefficient (Wildman–Crippen LogP) is 6.33. The van der Waals surface area contributed by atoms with Crippen LogP contribution in [0.5, 0.6) is 5.75 Å². The summed E-state index contributed by atoms with van der Waals surface area (Å²) in [5.41, 5.74) is 1.18. The molecule has 0 aliphatic heterocycles. The smallest absolute Gasteiger partial charge is 0.250 e. The van der Waals surface area contributed by atoms with E-state index in [1.165, 1.54) is 11.3 Å². The highest BCUT2D eigenvalue weighted by Gasteiger charge is 2.32. The molecule has 0 saturated heterocycles. The molecule has 0 radical (unpaired) electrons. The molecular weight excluding hydrogens is 533 g/mol. The van der Waals surface area contributed by atoms with Gasteiger partial charge < -0.3 is 20.5 Å². The van der Waals surface area contributed by atoms with Crippen LogP contribution in [0.1, 0.15) is 46.1 Å². The van der Waals surface area contributed by atoms with Crippen LogP contribution in [0.4, 0.5) is 5.13 Å². The number of halogens is 2. The molecule has 0 spiro atoms. The molecule has 7 nitrogen and oxygen atoms in total. The number of aliphatic hydroxyl groups is 1. The average Bonchev–Trinajstić information content (AvgIpc) is 3.32. The Bertz CT molecular complexity index is 1240. The van der Waals surface area contributed by atoms with E-state index < -0.39 is 23.5 Å². The van der Waals surface area contributed by atoms with Gasteiger partial charge in [-0.25, -0.2) is 4.98 Å². The van der Waals surface area contributed by atoms with Crippen molar-refractivity contribution in [1.82, 2.24) is 10.3 Å². The van der Waals surface area contributed by atoms with Gasteiger partial charge in [-0.2, -0.15) is 0 Å². The largest absolute Gasteiger partial charge is 0.487 e. The number of benzene rings is 2. The quantitative estimate of drug-likeness (QED) is 0.267. The molecule has 0 aliphatic carbocycles. The molecule has 1 unspecified atom stereocenters. The topological polar surface area (TPSA) is 101 Å². The molecule has 3 N–H and O–H groups in total. The van der Waals surface area contributed by atoms with Gasteiger partial charge in [-0.1, -0.05) is 99.0 Å². The highest BCUT2D eigenvalue weighted by Crippen LogP contribution is 2.35. The number of aromatic nitrogens is 1. The Morgan fingerprint density at radius 2 is 1.84 bits per heavy atom. The number of nitrogens with one attached hydrogen (secondary N) is 2. The first-order valence-corrected chi connectivity index (χ1v) is 13.5. The number of aliphatic hydroxyl groups excluding tert-OH is 1. The summed E-state index contributed by atoms with van der Waals surface area (Å²) in [6, 6.07) is 12.1. The fourth-order valence-corrected chi connectivity index (χ4v) is 4.71. The molecule has 0 fully saturated rings. The number of anilines is 1. The molecule has 37 heavy (non-hydrogen) atoms. The lowest BCUT2D eigenvalue weighted by molar-refractivity contribution is -0.137. The van der Waals surface area contributed by atoms with Crippen molar-refractivity contribution in [2.24, 2.45) is 5.41 Å². The molecule has 0 bridgehead atoms. The maximum Gasteiger partial charge on any atom is 0.250 e. The molecule has 0 saturated carbocycles. The van der Waals surface area contributed by atoms with Crippen molar-refractivity contribution >= 4 is 51.5 Å². The molecule has 0 aliphatic rings. The third-order valence-corrected chi connectivity index (χ3v) is 7.34. The van der Waals surface area contributed by atoms with Gasteiger partial charge in [0.2, 0.25) is 11.8 Å². The standard InChI is InChI=1S/C27H31Cl2N3O4S/c1-5-9-19(31-25(35)23(33)27(2,3)4)24(34)32-26-30-14-21(37-26)17-11-7-6-10-16(17)15-36-20-13-8-12-18(28)22(20)29/h6-8,10-14,19,23,33H,5,9,15H2,1-4H3,(H,31,35)(H,30,32,34)/t19?,23-/m1/s1. The fourth-order valence-electron chi connectivity index (χ4n) is 3.49. The zero-order valence-electron chi connectivity index (χ0n) is 21.2. The van der Waals surface area contributed by atoms with Crippen LogP contribution in [0.3, 0.4) is 0 Å². The van der Waals surface area contributed by atoms with E-state index in [1.807, 2.05) is 31.2 Å². The Labute approximate surface area is 231 Å². The molecule has 2 atom stereocenters. The van der Waals surface area contributed by atoms with Gasteiger partial charge in [0.05, 0.1) is 9.90 Å². The number of rotatable bonds is 10. The molecule has 1 heterocycles. The SMILES string of the molecule is CCCC(NC(=O)[C@@H](O)C(C)(C)C)C(=O)Nc1ncc(-c2ccccc2COc2cccc(Cl)c2Cl)s1. The number of hydrogen-bond donors (Lipinski definition) is 3. The normalized spacial score (nSPS) is 13.1. The summed E-state index contributed by atoms with van der Waals surface area (Å²) < 4.78 is 5.91.